The van der Waals surface area contributed by atoms with E-state index >= 15 is 0 Å². The molecule has 35 heavy (non-hydrogen) atoms. The molecule has 0 aliphatic carbocycles. The van der Waals surface area contributed by atoms with Crippen LogP contribution in [0.15, 0.2) is 73.1 Å². The average Bonchev–Trinajstić information content (AvgIpc) is 3.37. The van der Waals surface area contributed by atoms with Gasteiger partial charge in [-0.1, -0.05) is 47.5 Å². The minimum absolute atomic E-state index is 0.0571. The van der Waals surface area contributed by atoms with Gasteiger partial charge in [0.05, 0.1) is 11.1 Å². The molecule has 0 aliphatic heterocycles. The fourth-order valence-corrected chi connectivity index (χ4v) is 4.98. The van der Waals surface area contributed by atoms with Gasteiger partial charge in [-0.2, -0.15) is 0 Å². The Morgan fingerprint density at radius 3 is 2.29 bits per heavy atom. The second-order valence-corrected chi connectivity index (χ2v) is 9.21. The molecule has 8 heteroatoms. The van der Waals surface area contributed by atoms with Crippen LogP contribution in [0.1, 0.15) is 31.8 Å². The molecule has 0 radical (unpaired) electrons. The largest absolute Gasteiger partial charge is 0.478 e. The van der Waals surface area contributed by atoms with E-state index in [1.54, 1.807) is 18.3 Å². The van der Waals surface area contributed by atoms with Crippen LogP contribution in [0.4, 0.5) is 0 Å². The topological polar surface area (TPSA) is 84.5 Å². The number of benzene rings is 3. The molecule has 5 aromatic rings. The van der Waals surface area contributed by atoms with Crippen molar-refractivity contribution in [2.45, 2.75) is 19.5 Å². The van der Waals surface area contributed by atoms with E-state index in [9.17, 15) is 19.8 Å². The summed E-state index contributed by atoms with van der Waals surface area (Å²) in [5, 5.41) is 21.7. The van der Waals surface area contributed by atoms with Crippen LogP contribution < -0.4 is 0 Å². The lowest BCUT2D eigenvalue weighted by Gasteiger charge is -2.08. The number of nitrogens with zero attached hydrogens (tertiary/aromatic N) is 2. The molecule has 2 N–H and O–H groups in total. The highest BCUT2D eigenvalue weighted by Gasteiger charge is 2.17. The summed E-state index contributed by atoms with van der Waals surface area (Å²) in [4.78, 5) is 23.2. The van der Waals surface area contributed by atoms with Gasteiger partial charge in [-0.3, -0.25) is 0 Å². The summed E-state index contributed by atoms with van der Waals surface area (Å²) in [6.45, 7) is 1.12. The predicted octanol–water partition coefficient (Wildman–Crippen LogP) is 6.59. The third kappa shape index (κ3) is 4.38. The van der Waals surface area contributed by atoms with Gasteiger partial charge in [0, 0.05) is 57.3 Å². The molecule has 0 spiro atoms. The molecule has 0 bridgehead atoms. The van der Waals surface area contributed by atoms with Gasteiger partial charge in [-0.15, -0.1) is 0 Å². The molecule has 0 saturated carbocycles. The van der Waals surface area contributed by atoms with E-state index in [0.29, 0.717) is 40.5 Å². The summed E-state index contributed by atoms with van der Waals surface area (Å²) >= 11 is 12.5. The Labute approximate surface area is 210 Å². The van der Waals surface area contributed by atoms with E-state index in [1.807, 2.05) is 28.8 Å². The smallest absolute Gasteiger partial charge is 0.337 e. The van der Waals surface area contributed by atoms with E-state index in [-0.39, 0.29) is 11.1 Å². The number of halogens is 2. The van der Waals surface area contributed by atoms with Crippen molar-refractivity contribution >= 4 is 56.9 Å². The van der Waals surface area contributed by atoms with Crippen LogP contribution in [0.2, 0.25) is 10.0 Å². The van der Waals surface area contributed by atoms with Gasteiger partial charge in [0.1, 0.15) is 0 Å². The van der Waals surface area contributed by atoms with E-state index < -0.39 is 11.9 Å². The lowest BCUT2D eigenvalue weighted by molar-refractivity contribution is 0.0685. The lowest BCUT2D eigenvalue weighted by Crippen LogP contribution is -2.01. The normalized spacial score (nSPS) is 11.4. The number of hydrogen-bond donors (Lipinski definition) is 2. The molecular weight excluding hydrogens is 487 g/mol. The third-order valence-corrected chi connectivity index (χ3v) is 6.79. The van der Waals surface area contributed by atoms with Crippen LogP contribution in [0, 0.1) is 0 Å². The van der Waals surface area contributed by atoms with E-state index in [2.05, 4.69) is 22.9 Å². The van der Waals surface area contributed by atoms with Crippen molar-refractivity contribution in [2.24, 2.45) is 0 Å². The summed E-state index contributed by atoms with van der Waals surface area (Å²) in [7, 11) is 0. The van der Waals surface area contributed by atoms with Crippen molar-refractivity contribution < 1.29 is 19.8 Å². The first-order valence-corrected chi connectivity index (χ1v) is 11.7. The van der Waals surface area contributed by atoms with Gasteiger partial charge in [0.15, 0.2) is 0 Å². The molecule has 5 rings (SSSR count). The molecule has 176 valence electrons. The zero-order valence-corrected chi connectivity index (χ0v) is 19.9. The van der Waals surface area contributed by atoms with Crippen molar-refractivity contribution in [2.75, 3.05) is 0 Å². The molecule has 0 saturated heterocycles. The highest BCUT2D eigenvalue weighted by atomic mass is 35.5. The van der Waals surface area contributed by atoms with Crippen LogP contribution in [0.5, 0.6) is 0 Å². The minimum atomic E-state index is -1.09. The molecule has 6 nitrogen and oxygen atoms in total. The Balaban J connectivity index is 1.49. The Bertz CT molecular complexity index is 1620. The summed E-state index contributed by atoms with van der Waals surface area (Å²) in [6.07, 6.45) is 4.33. The van der Waals surface area contributed by atoms with E-state index in [4.69, 9.17) is 23.2 Å². The highest BCUT2D eigenvalue weighted by Crippen LogP contribution is 2.28. The monoisotopic (exact) mass is 506 g/mol. The van der Waals surface area contributed by atoms with Gasteiger partial charge in [0.25, 0.3) is 0 Å². The molecule has 2 aromatic heterocycles. The first-order chi connectivity index (χ1) is 16.8. The summed E-state index contributed by atoms with van der Waals surface area (Å²) < 4.78 is 4.02. The van der Waals surface area contributed by atoms with Gasteiger partial charge in [-0.05, 0) is 53.9 Å². The Morgan fingerprint density at radius 2 is 1.54 bits per heavy atom. The molecular formula is C27H20Cl2N2O4. The van der Waals surface area contributed by atoms with Crippen molar-refractivity contribution in [3.63, 3.8) is 0 Å². The number of aromatic carboxylic acids is 2. The maximum atomic E-state index is 11.8. The number of aryl methyl sites for hydroxylation is 2. The quantitative estimate of drug-likeness (QED) is 0.260. The maximum absolute atomic E-state index is 11.8. The number of aromatic nitrogens is 2. The number of carbonyl (C=O) groups is 2. The van der Waals surface area contributed by atoms with Gasteiger partial charge >= 0.3 is 11.9 Å². The zero-order valence-electron chi connectivity index (χ0n) is 18.4. The fourth-order valence-electron chi connectivity index (χ4n) is 4.51. The van der Waals surface area contributed by atoms with Crippen LogP contribution in [-0.4, -0.2) is 31.3 Å². The SMILES string of the molecule is O=C(O)c1ccc2c(c1)c(C(=O)O)cn2CCc1cn(Cc2ccc(Cl)cc2Cl)c2ccccc12. The van der Waals surface area contributed by atoms with Crippen LogP contribution in [0.3, 0.4) is 0 Å². The number of para-hydroxylation sites is 1. The van der Waals surface area contributed by atoms with Crippen LogP contribution >= 0.6 is 23.2 Å². The fraction of sp³-hybridized carbons (Fsp3) is 0.111. The molecule has 3 aromatic carbocycles. The zero-order chi connectivity index (χ0) is 24.7. The molecule has 2 heterocycles. The highest BCUT2D eigenvalue weighted by molar-refractivity contribution is 6.35. The molecule has 0 unspecified atom stereocenters. The minimum Gasteiger partial charge on any atom is -0.478 e. The third-order valence-electron chi connectivity index (χ3n) is 6.21. The van der Waals surface area contributed by atoms with Crippen molar-refractivity contribution in [3.8, 4) is 0 Å². The first kappa shape index (κ1) is 23.0. The number of fused-ring (bicyclic) bond motifs is 2. The second-order valence-electron chi connectivity index (χ2n) is 8.36. The Kier molecular flexibility index (Phi) is 6.01. The molecule has 0 atom stereocenters. The lowest BCUT2D eigenvalue weighted by atomic mass is 10.1. The van der Waals surface area contributed by atoms with Gasteiger partial charge in [-0.25, -0.2) is 9.59 Å². The number of carboxylic acid groups (broad SMARTS) is 2. The number of hydrogen-bond acceptors (Lipinski definition) is 2. The molecule has 0 fully saturated rings. The second kappa shape index (κ2) is 9.13. The summed E-state index contributed by atoms with van der Waals surface area (Å²) in [5.74, 6) is -2.18. The van der Waals surface area contributed by atoms with E-state index in [1.165, 1.54) is 12.1 Å². The molecule has 0 amide bonds. The van der Waals surface area contributed by atoms with Gasteiger partial charge < -0.3 is 19.3 Å². The average molecular weight is 507 g/mol. The van der Waals surface area contributed by atoms with Crippen molar-refractivity contribution in [1.29, 1.82) is 0 Å². The first-order valence-electron chi connectivity index (χ1n) is 10.9. The standard InChI is InChI=1S/C27H20Cl2N2O4/c28-19-7-5-18(23(29)12-19)14-31-13-17(20-3-1-2-4-24(20)31)9-10-30-15-22(27(34)35)21-11-16(26(32)33)6-8-25(21)30/h1-8,11-13,15H,9-10,14H2,(H,32,33)(H,34,35). The summed E-state index contributed by atoms with van der Waals surface area (Å²) in [6, 6.07) is 18.2. The van der Waals surface area contributed by atoms with Crippen molar-refractivity contribution in [1.82, 2.24) is 9.13 Å². The maximum Gasteiger partial charge on any atom is 0.337 e. The predicted molar refractivity (Wildman–Crippen MR) is 137 cm³/mol. The Hall–Kier alpha value is -3.74. The van der Waals surface area contributed by atoms with E-state index in [0.717, 1.165) is 22.0 Å². The van der Waals surface area contributed by atoms with Gasteiger partial charge in [0.2, 0.25) is 0 Å². The number of rotatable bonds is 7. The van der Waals surface area contributed by atoms with Crippen LogP contribution in [0.25, 0.3) is 21.8 Å². The van der Waals surface area contributed by atoms with Crippen LogP contribution in [-0.2, 0) is 19.5 Å². The summed E-state index contributed by atoms with van der Waals surface area (Å²) in [5.41, 5.74) is 3.98. The number of carboxylic acids is 2. The molecule has 0 aliphatic rings. The Morgan fingerprint density at radius 1 is 0.771 bits per heavy atom. The van der Waals surface area contributed by atoms with Crippen molar-refractivity contribution in [3.05, 3.63) is 105 Å².